The van der Waals surface area contributed by atoms with Crippen molar-refractivity contribution < 1.29 is 28.2 Å². The lowest BCUT2D eigenvalue weighted by molar-refractivity contribution is -0.0410. The van der Waals surface area contributed by atoms with Gasteiger partial charge in [0.05, 0.1) is 6.04 Å². The highest BCUT2D eigenvalue weighted by atomic mass is 19.1. The molecule has 0 heterocycles. The second kappa shape index (κ2) is 8.26. The molecule has 0 aromatic heterocycles. The van der Waals surface area contributed by atoms with E-state index in [1.54, 1.807) is 12.1 Å². The molecule has 0 aliphatic carbocycles. The van der Waals surface area contributed by atoms with Gasteiger partial charge in [0, 0.05) is 18.2 Å². The zero-order valence-electron chi connectivity index (χ0n) is 12.9. The molecular formula is C17H17F2NO4. The summed E-state index contributed by atoms with van der Waals surface area (Å²) in [4.78, 5) is 11.7. The number of ether oxygens (including phenoxy) is 2. The van der Waals surface area contributed by atoms with E-state index in [-0.39, 0.29) is 12.4 Å². The fraction of sp³-hybridized carbons (Fsp3) is 0.235. The van der Waals surface area contributed by atoms with Gasteiger partial charge in [0.25, 0.3) is 0 Å². The van der Waals surface area contributed by atoms with E-state index in [1.165, 1.54) is 6.92 Å². The summed E-state index contributed by atoms with van der Waals surface area (Å²) < 4.78 is 36.1. The third kappa shape index (κ3) is 5.51. The predicted molar refractivity (Wildman–Crippen MR) is 82.2 cm³/mol. The molecule has 7 heteroatoms. The minimum absolute atomic E-state index is 0.0749. The second-order valence-corrected chi connectivity index (χ2v) is 5.11. The molecule has 0 spiro atoms. The standard InChI is InChI=1S/C17H17F2NO4/c1-11(16(21)24-15-8-13(18)7-14(19)9-15)20-17(22)23-10-12-5-3-2-4-6-12/h2-9,11,16,21H,10H2,1H3,(H,20,22). The van der Waals surface area contributed by atoms with Crippen LogP contribution in [0.4, 0.5) is 13.6 Å². The van der Waals surface area contributed by atoms with Gasteiger partial charge in [-0.25, -0.2) is 13.6 Å². The Morgan fingerprint density at radius 1 is 1.17 bits per heavy atom. The Labute approximate surface area is 137 Å². The number of hydrogen-bond acceptors (Lipinski definition) is 4. The van der Waals surface area contributed by atoms with Crippen molar-refractivity contribution in [1.29, 1.82) is 0 Å². The Balaban J connectivity index is 1.82. The maximum absolute atomic E-state index is 13.1. The van der Waals surface area contributed by atoms with Crippen LogP contribution in [0.15, 0.2) is 48.5 Å². The van der Waals surface area contributed by atoms with Gasteiger partial charge in [-0.15, -0.1) is 0 Å². The van der Waals surface area contributed by atoms with Crippen molar-refractivity contribution in [3.63, 3.8) is 0 Å². The molecular weight excluding hydrogens is 320 g/mol. The molecule has 0 saturated heterocycles. The number of benzene rings is 2. The molecule has 24 heavy (non-hydrogen) atoms. The highest BCUT2D eigenvalue weighted by Gasteiger charge is 2.19. The molecule has 2 rings (SSSR count). The summed E-state index contributed by atoms with van der Waals surface area (Å²) in [6.07, 6.45) is -2.25. The first-order valence-electron chi connectivity index (χ1n) is 7.22. The van der Waals surface area contributed by atoms with E-state index in [0.29, 0.717) is 6.07 Å². The average Bonchev–Trinajstić information content (AvgIpc) is 2.53. The van der Waals surface area contributed by atoms with E-state index in [1.807, 2.05) is 18.2 Å². The first-order valence-corrected chi connectivity index (χ1v) is 7.22. The molecule has 0 fully saturated rings. The molecule has 0 radical (unpaired) electrons. The van der Waals surface area contributed by atoms with Crippen molar-refractivity contribution in [3.05, 3.63) is 65.7 Å². The van der Waals surface area contributed by atoms with Crippen LogP contribution >= 0.6 is 0 Å². The van der Waals surface area contributed by atoms with Crippen molar-refractivity contribution in [1.82, 2.24) is 5.32 Å². The Bertz CT molecular complexity index is 661. The van der Waals surface area contributed by atoms with E-state index in [0.717, 1.165) is 17.7 Å². The molecule has 2 aromatic rings. The maximum Gasteiger partial charge on any atom is 0.407 e. The number of hydrogen-bond donors (Lipinski definition) is 2. The lowest BCUT2D eigenvalue weighted by Crippen LogP contribution is -2.44. The van der Waals surface area contributed by atoms with Crippen molar-refractivity contribution in [3.8, 4) is 5.75 Å². The van der Waals surface area contributed by atoms with Crippen LogP contribution in [-0.4, -0.2) is 23.5 Å². The summed E-state index contributed by atoms with van der Waals surface area (Å²) in [5, 5.41) is 12.2. The lowest BCUT2D eigenvalue weighted by atomic mass is 10.2. The van der Waals surface area contributed by atoms with Crippen molar-refractivity contribution >= 4 is 6.09 Å². The van der Waals surface area contributed by atoms with Gasteiger partial charge in [-0.1, -0.05) is 30.3 Å². The summed E-state index contributed by atoms with van der Waals surface area (Å²) in [5.74, 6) is -1.86. The smallest absolute Gasteiger partial charge is 0.407 e. The number of amides is 1. The highest BCUT2D eigenvalue weighted by Crippen LogP contribution is 2.17. The van der Waals surface area contributed by atoms with Gasteiger partial charge in [-0.05, 0) is 12.5 Å². The van der Waals surface area contributed by atoms with Crippen molar-refractivity contribution in [2.24, 2.45) is 0 Å². The van der Waals surface area contributed by atoms with Crippen molar-refractivity contribution in [2.45, 2.75) is 25.9 Å². The van der Waals surface area contributed by atoms with Crippen LogP contribution in [0.5, 0.6) is 5.75 Å². The van der Waals surface area contributed by atoms with E-state index in [2.05, 4.69) is 5.32 Å². The first-order chi connectivity index (χ1) is 11.4. The summed E-state index contributed by atoms with van der Waals surface area (Å²) in [6.45, 7) is 1.54. The molecule has 2 N–H and O–H groups in total. The zero-order valence-corrected chi connectivity index (χ0v) is 12.9. The largest absolute Gasteiger partial charge is 0.463 e. The second-order valence-electron chi connectivity index (χ2n) is 5.11. The van der Waals surface area contributed by atoms with Gasteiger partial charge in [0.2, 0.25) is 6.29 Å². The Hall–Kier alpha value is -2.67. The quantitative estimate of drug-likeness (QED) is 0.795. The molecule has 0 aliphatic heterocycles. The Kier molecular flexibility index (Phi) is 6.08. The van der Waals surface area contributed by atoms with E-state index in [4.69, 9.17) is 9.47 Å². The lowest BCUT2D eigenvalue weighted by Gasteiger charge is -2.21. The van der Waals surface area contributed by atoms with Crippen LogP contribution in [0, 0.1) is 11.6 Å². The molecule has 5 nitrogen and oxygen atoms in total. The first kappa shape index (κ1) is 17.7. The normalized spacial score (nSPS) is 13.0. The Morgan fingerprint density at radius 2 is 1.79 bits per heavy atom. The molecule has 0 aliphatic rings. The summed E-state index contributed by atoms with van der Waals surface area (Å²) in [5.41, 5.74) is 0.812. The highest BCUT2D eigenvalue weighted by molar-refractivity contribution is 5.67. The minimum atomic E-state index is -1.50. The fourth-order valence-electron chi connectivity index (χ4n) is 1.86. The van der Waals surface area contributed by atoms with E-state index >= 15 is 0 Å². The van der Waals surface area contributed by atoms with Gasteiger partial charge in [0.1, 0.15) is 24.0 Å². The summed E-state index contributed by atoms with van der Waals surface area (Å²) in [6, 6.07) is 10.7. The van der Waals surface area contributed by atoms with E-state index < -0.39 is 30.1 Å². The molecule has 2 atom stereocenters. The number of halogens is 2. The molecule has 0 saturated carbocycles. The molecule has 1 amide bonds. The number of nitrogens with one attached hydrogen (secondary N) is 1. The number of rotatable bonds is 6. The van der Waals surface area contributed by atoms with Crippen LogP contribution in [0.25, 0.3) is 0 Å². The third-order valence-electron chi connectivity index (χ3n) is 3.08. The van der Waals surface area contributed by atoms with Crippen LogP contribution in [0.2, 0.25) is 0 Å². The van der Waals surface area contributed by atoms with E-state index in [9.17, 15) is 18.7 Å². The van der Waals surface area contributed by atoms with Crippen LogP contribution in [0.1, 0.15) is 12.5 Å². The summed E-state index contributed by atoms with van der Waals surface area (Å²) in [7, 11) is 0. The van der Waals surface area contributed by atoms with Crippen LogP contribution in [-0.2, 0) is 11.3 Å². The van der Waals surface area contributed by atoms with Crippen molar-refractivity contribution in [2.75, 3.05) is 0 Å². The zero-order chi connectivity index (χ0) is 17.5. The summed E-state index contributed by atoms with van der Waals surface area (Å²) >= 11 is 0. The number of aliphatic hydroxyl groups excluding tert-OH is 1. The fourth-order valence-corrected chi connectivity index (χ4v) is 1.86. The number of aliphatic hydroxyl groups is 1. The van der Waals surface area contributed by atoms with Crippen LogP contribution in [0.3, 0.4) is 0 Å². The number of alkyl carbamates (subject to hydrolysis) is 1. The number of carbonyl (C=O) groups excluding carboxylic acids is 1. The van der Waals surface area contributed by atoms with Gasteiger partial charge < -0.3 is 19.9 Å². The minimum Gasteiger partial charge on any atom is -0.463 e. The van der Waals surface area contributed by atoms with Crippen LogP contribution < -0.4 is 10.1 Å². The Morgan fingerprint density at radius 3 is 2.42 bits per heavy atom. The number of carbonyl (C=O) groups is 1. The van der Waals surface area contributed by atoms with Gasteiger partial charge in [0.15, 0.2) is 0 Å². The molecule has 128 valence electrons. The average molecular weight is 337 g/mol. The topological polar surface area (TPSA) is 67.8 Å². The van der Waals surface area contributed by atoms with Gasteiger partial charge >= 0.3 is 6.09 Å². The maximum atomic E-state index is 13.1. The van der Waals surface area contributed by atoms with Gasteiger partial charge in [-0.3, -0.25) is 0 Å². The van der Waals surface area contributed by atoms with Gasteiger partial charge in [-0.2, -0.15) is 0 Å². The molecule has 2 aromatic carbocycles. The SMILES string of the molecule is CC(NC(=O)OCc1ccccc1)C(O)Oc1cc(F)cc(F)c1. The predicted octanol–water partition coefficient (Wildman–Crippen LogP) is 2.98. The monoisotopic (exact) mass is 337 g/mol. The molecule has 0 bridgehead atoms. The third-order valence-corrected chi connectivity index (χ3v) is 3.08. The molecule has 2 unspecified atom stereocenters.